The van der Waals surface area contributed by atoms with Gasteiger partial charge in [0.15, 0.2) is 11.5 Å². The smallest absolute Gasteiger partial charge is 0.348 e. The Morgan fingerprint density at radius 1 is 1.21 bits per heavy atom. The Bertz CT molecular complexity index is 671. The van der Waals surface area contributed by atoms with E-state index in [-0.39, 0.29) is 5.57 Å². The molecule has 0 N–H and O–H groups in total. The van der Waals surface area contributed by atoms with Gasteiger partial charge >= 0.3 is 11.9 Å². The molecule has 2 rings (SSSR count). The highest BCUT2D eigenvalue weighted by molar-refractivity contribution is 6.31. The normalized spacial score (nSPS) is 16.3. The van der Waals surface area contributed by atoms with E-state index in [1.165, 1.54) is 27.0 Å². The third kappa shape index (κ3) is 4.00. The van der Waals surface area contributed by atoms with E-state index < -0.39 is 17.7 Å². The zero-order chi connectivity index (χ0) is 17.9. The molecular weight excluding hydrogens is 336 g/mol. The van der Waals surface area contributed by atoms with Crippen LogP contribution in [0, 0.1) is 0 Å². The molecule has 1 saturated heterocycles. The van der Waals surface area contributed by atoms with E-state index >= 15 is 0 Å². The van der Waals surface area contributed by atoms with Gasteiger partial charge in [0, 0.05) is 30.5 Å². The van der Waals surface area contributed by atoms with Crippen LogP contribution in [-0.2, 0) is 19.1 Å². The first-order chi connectivity index (χ1) is 11.3. The number of carbonyl (C=O) groups is 2. The molecule has 130 valence electrons. The topological polar surface area (TPSA) is 71.1 Å². The summed E-state index contributed by atoms with van der Waals surface area (Å²) in [5.41, 5.74) is 0.191. The van der Waals surface area contributed by atoms with Gasteiger partial charge in [-0.25, -0.2) is 9.59 Å². The standard InChI is InChI=1S/C17H19ClO6/c1-5-6-22-14-10(7-11(18)9-13(14)21-4)8-12-15(19)23-17(2,3)24-16(12)20/h7-9H,5-6H2,1-4H3. The second kappa shape index (κ2) is 7.13. The van der Waals surface area contributed by atoms with E-state index in [1.807, 2.05) is 6.92 Å². The quantitative estimate of drug-likeness (QED) is 0.458. The second-order valence-corrected chi connectivity index (χ2v) is 6.05. The van der Waals surface area contributed by atoms with Crippen molar-refractivity contribution in [3.05, 3.63) is 28.3 Å². The lowest BCUT2D eigenvalue weighted by Gasteiger charge is -2.29. The maximum Gasteiger partial charge on any atom is 0.348 e. The molecule has 0 radical (unpaired) electrons. The van der Waals surface area contributed by atoms with E-state index in [9.17, 15) is 9.59 Å². The Labute approximate surface area is 145 Å². The Kier molecular flexibility index (Phi) is 5.39. The van der Waals surface area contributed by atoms with Crippen LogP contribution < -0.4 is 9.47 Å². The maximum absolute atomic E-state index is 12.1. The fourth-order valence-corrected chi connectivity index (χ4v) is 2.36. The number of ether oxygens (including phenoxy) is 4. The van der Waals surface area contributed by atoms with Crippen molar-refractivity contribution < 1.29 is 28.5 Å². The Morgan fingerprint density at radius 2 is 1.83 bits per heavy atom. The van der Waals surface area contributed by atoms with Gasteiger partial charge in [-0.05, 0) is 18.6 Å². The van der Waals surface area contributed by atoms with Crippen molar-refractivity contribution >= 4 is 29.6 Å². The molecule has 1 aromatic carbocycles. The van der Waals surface area contributed by atoms with Crippen molar-refractivity contribution in [2.75, 3.05) is 13.7 Å². The predicted molar refractivity (Wildman–Crippen MR) is 88.0 cm³/mol. The first-order valence-electron chi connectivity index (χ1n) is 7.46. The first-order valence-corrected chi connectivity index (χ1v) is 7.84. The molecule has 0 spiro atoms. The van der Waals surface area contributed by atoms with Gasteiger partial charge in [-0.3, -0.25) is 0 Å². The lowest BCUT2D eigenvalue weighted by Crippen LogP contribution is -2.41. The van der Waals surface area contributed by atoms with Crippen LogP contribution in [0.1, 0.15) is 32.8 Å². The van der Waals surface area contributed by atoms with Crippen LogP contribution >= 0.6 is 11.6 Å². The summed E-state index contributed by atoms with van der Waals surface area (Å²) in [4.78, 5) is 24.2. The van der Waals surface area contributed by atoms with Gasteiger partial charge in [0.2, 0.25) is 0 Å². The summed E-state index contributed by atoms with van der Waals surface area (Å²) in [7, 11) is 1.48. The van der Waals surface area contributed by atoms with E-state index in [1.54, 1.807) is 12.1 Å². The molecule has 0 bridgehead atoms. The van der Waals surface area contributed by atoms with Gasteiger partial charge in [0.05, 0.1) is 13.7 Å². The van der Waals surface area contributed by atoms with Gasteiger partial charge in [-0.15, -0.1) is 0 Å². The summed E-state index contributed by atoms with van der Waals surface area (Å²) in [5, 5.41) is 0.375. The van der Waals surface area contributed by atoms with Crippen LogP contribution in [0.5, 0.6) is 11.5 Å². The number of rotatable bonds is 5. The average molecular weight is 355 g/mol. The van der Waals surface area contributed by atoms with Crippen molar-refractivity contribution in [2.45, 2.75) is 33.0 Å². The SMILES string of the molecule is CCCOc1c(C=C2C(=O)OC(C)(C)OC2=O)cc(Cl)cc1OC. The number of hydrogen-bond acceptors (Lipinski definition) is 6. The van der Waals surface area contributed by atoms with E-state index in [0.29, 0.717) is 28.7 Å². The molecule has 0 aromatic heterocycles. The highest BCUT2D eigenvalue weighted by Crippen LogP contribution is 2.37. The van der Waals surface area contributed by atoms with Crippen LogP contribution in [0.3, 0.4) is 0 Å². The lowest BCUT2D eigenvalue weighted by molar-refractivity contribution is -0.222. The van der Waals surface area contributed by atoms with Crippen LogP contribution in [0.4, 0.5) is 0 Å². The summed E-state index contributed by atoms with van der Waals surface area (Å²) in [5.74, 6) is -2.03. The number of esters is 2. The van der Waals surface area contributed by atoms with Crippen molar-refractivity contribution in [3.63, 3.8) is 0 Å². The largest absolute Gasteiger partial charge is 0.493 e. The van der Waals surface area contributed by atoms with Gasteiger partial charge in [0.25, 0.3) is 5.79 Å². The molecular formula is C17H19ClO6. The van der Waals surface area contributed by atoms with Crippen LogP contribution in [0.15, 0.2) is 17.7 Å². The molecule has 1 aliphatic rings. The third-order valence-electron chi connectivity index (χ3n) is 3.14. The van der Waals surface area contributed by atoms with E-state index in [0.717, 1.165) is 6.42 Å². The number of benzene rings is 1. The van der Waals surface area contributed by atoms with Crippen molar-refractivity contribution in [1.82, 2.24) is 0 Å². The molecule has 24 heavy (non-hydrogen) atoms. The Morgan fingerprint density at radius 3 is 2.38 bits per heavy atom. The van der Waals surface area contributed by atoms with Gasteiger partial charge in [0.1, 0.15) is 5.57 Å². The molecule has 6 nitrogen and oxygen atoms in total. The molecule has 0 amide bonds. The number of carbonyl (C=O) groups excluding carboxylic acids is 2. The van der Waals surface area contributed by atoms with Crippen LogP contribution in [-0.4, -0.2) is 31.4 Å². The van der Waals surface area contributed by atoms with E-state index in [2.05, 4.69) is 0 Å². The van der Waals surface area contributed by atoms with Gasteiger partial charge in [-0.2, -0.15) is 0 Å². The lowest BCUT2D eigenvalue weighted by atomic mass is 10.1. The van der Waals surface area contributed by atoms with Crippen molar-refractivity contribution in [2.24, 2.45) is 0 Å². The highest BCUT2D eigenvalue weighted by atomic mass is 35.5. The molecule has 7 heteroatoms. The van der Waals surface area contributed by atoms with Crippen molar-refractivity contribution in [3.8, 4) is 11.5 Å². The minimum Gasteiger partial charge on any atom is -0.493 e. The molecule has 0 aliphatic carbocycles. The number of halogens is 1. The fourth-order valence-electron chi connectivity index (χ4n) is 2.14. The molecule has 1 heterocycles. The maximum atomic E-state index is 12.1. The van der Waals surface area contributed by atoms with Gasteiger partial charge in [-0.1, -0.05) is 18.5 Å². The summed E-state index contributed by atoms with van der Waals surface area (Å²) in [6.45, 7) is 5.37. The molecule has 0 saturated carbocycles. The summed E-state index contributed by atoms with van der Waals surface area (Å²) < 4.78 is 21.1. The summed E-state index contributed by atoms with van der Waals surface area (Å²) in [6, 6.07) is 3.16. The highest BCUT2D eigenvalue weighted by Gasteiger charge is 2.39. The Hall–Kier alpha value is -2.21. The van der Waals surface area contributed by atoms with Gasteiger partial charge < -0.3 is 18.9 Å². The minimum absolute atomic E-state index is 0.236. The average Bonchev–Trinajstić information content (AvgIpc) is 2.48. The monoisotopic (exact) mass is 354 g/mol. The fraction of sp³-hybridized carbons (Fsp3) is 0.412. The Balaban J connectivity index is 2.49. The minimum atomic E-state index is -1.29. The number of hydrogen-bond donors (Lipinski definition) is 0. The van der Waals surface area contributed by atoms with Crippen molar-refractivity contribution in [1.29, 1.82) is 0 Å². The third-order valence-corrected chi connectivity index (χ3v) is 3.35. The summed E-state index contributed by atoms with van der Waals surface area (Å²) in [6.07, 6.45) is 2.11. The number of methoxy groups -OCH3 is 1. The second-order valence-electron chi connectivity index (χ2n) is 5.61. The van der Waals surface area contributed by atoms with Crippen LogP contribution in [0.2, 0.25) is 5.02 Å². The summed E-state index contributed by atoms with van der Waals surface area (Å²) >= 11 is 6.07. The molecule has 1 aromatic rings. The zero-order valence-electron chi connectivity index (χ0n) is 14.0. The predicted octanol–water partition coefficient (Wildman–Crippen LogP) is 3.36. The van der Waals surface area contributed by atoms with E-state index in [4.69, 9.17) is 30.5 Å². The molecule has 0 unspecified atom stereocenters. The zero-order valence-corrected chi connectivity index (χ0v) is 14.7. The molecule has 1 aliphatic heterocycles. The number of cyclic esters (lactones) is 2. The van der Waals surface area contributed by atoms with Crippen LogP contribution in [0.25, 0.3) is 6.08 Å². The molecule has 0 atom stereocenters. The first kappa shape index (κ1) is 18.1. The molecule has 1 fully saturated rings.